The number of halogens is 1. The quantitative estimate of drug-likeness (QED) is 0.870. The normalized spacial score (nSPS) is 13.8. The average Bonchev–Trinajstić information content (AvgIpc) is 2.52. The number of carbonyl (C=O) groups is 1. The molecule has 0 bridgehead atoms. The van der Waals surface area contributed by atoms with Crippen LogP contribution in [-0.2, 0) is 21.4 Å². The van der Waals surface area contributed by atoms with Gasteiger partial charge in [-0.2, -0.15) is 0 Å². The Hall–Kier alpha value is -2.09. The highest BCUT2D eigenvalue weighted by molar-refractivity contribution is 7.89. The fraction of sp³-hybridized carbons (Fsp3) is 0.188. The third-order valence-electron chi connectivity index (χ3n) is 3.55. The average molecular weight is 367 g/mol. The van der Waals surface area contributed by atoms with Crippen LogP contribution in [0.1, 0.15) is 11.1 Å². The van der Waals surface area contributed by atoms with Gasteiger partial charge in [0, 0.05) is 17.6 Å². The molecule has 1 aliphatic rings. The first-order valence-corrected chi connectivity index (χ1v) is 9.03. The number of fused-ring (bicyclic) bond motifs is 1. The summed E-state index contributed by atoms with van der Waals surface area (Å²) in [7, 11) is -3.73. The fourth-order valence-electron chi connectivity index (χ4n) is 2.41. The maximum Gasteiger partial charge on any atom is 0.262 e. The largest absolute Gasteiger partial charge is 0.482 e. The van der Waals surface area contributed by atoms with Gasteiger partial charge in [0.1, 0.15) is 5.75 Å². The second-order valence-corrected chi connectivity index (χ2v) is 7.58. The molecule has 1 amide bonds. The molecule has 0 saturated carbocycles. The first-order chi connectivity index (χ1) is 11.3. The van der Waals surface area contributed by atoms with E-state index in [0.717, 1.165) is 5.56 Å². The molecule has 0 aliphatic carbocycles. The number of rotatable bonds is 4. The molecule has 8 heteroatoms. The summed E-state index contributed by atoms with van der Waals surface area (Å²) in [6, 6.07) is 9.96. The molecule has 0 unspecified atom stereocenters. The van der Waals surface area contributed by atoms with Crippen molar-refractivity contribution in [1.29, 1.82) is 0 Å². The highest BCUT2D eigenvalue weighted by Gasteiger charge is 2.23. The molecule has 2 N–H and O–H groups in total. The summed E-state index contributed by atoms with van der Waals surface area (Å²) in [5, 5.41) is 3.19. The highest BCUT2D eigenvalue weighted by Crippen LogP contribution is 2.32. The van der Waals surface area contributed by atoms with Crippen molar-refractivity contribution in [3.8, 4) is 5.75 Å². The minimum Gasteiger partial charge on any atom is -0.482 e. The van der Waals surface area contributed by atoms with Crippen LogP contribution in [0.25, 0.3) is 0 Å². The number of hydrogen-bond acceptors (Lipinski definition) is 4. The smallest absolute Gasteiger partial charge is 0.262 e. The molecule has 24 heavy (non-hydrogen) atoms. The maximum absolute atomic E-state index is 12.6. The molecular formula is C16H15ClN2O4S. The third-order valence-corrected chi connectivity index (χ3v) is 5.33. The molecule has 126 valence electrons. The number of carbonyl (C=O) groups excluding carboxylic acids is 1. The molecule has 1 aliphatic heterocycles. The van der Waals surface area contributed by atoms with Gasteiger partial charge in [0.25, 0.3) is 5.91 Å². The Morgan fingerprint density at radius 1 is 1.29 bits per heavy atom. The Balaban J connectivity index is 1.85. The van der Waals surface area contributed by atoms with E-state index in [9.17, 15) is 13.2 Å². The molecule has 1 heterocycles. The summed E-state index contributed by atoms with van der Waals surface area (Å²) in [6.07, 6.45) is 0. The van der Waals surface area contributed by atoms with Crippen LogP contribution >= 0.6 is 11.6 Å². The van der Waals surface area contributed by atoms with Gasteiger partial charge >= 0.3 is 0 Å². The molecule has 0 atom stereocenters. The van der Waals surface area contributed by atoms with E-state index in [0.29, 0.717) is 22.0 Å². The number of amides is 1. The second kappa shape index (κ2) is 6.43. The number of anilines is 1. The van der Waals surface area contributed by atoms with Crippen molar-refractivity contribution in [3.05, 3.63) is 52.5 Å². The molecule has 2 aromatic rings. The molecular weight excluding hydrogens is 352 g/mol. The van der Waals surface area contributed by atoms with E-state index in [2.05, 4.69) is 10.0 Å². The summed E-state index contributed by atoms with van der Waals surface area (Å²) in [6.45, 7) is 1.65. The monoisotopic (exact) mass is 366 g/mol. The Bertz CT molecular complexity index is 912. The lowest BCUT2D eigenvalue weighted by Crippen LogP contribution is -2.27. The molecule has 6 nitrogen and oxygen atoms in total. The Morgan fingerprint density at radius 3 is 2.83 bits per heavy atom. The summed E-state index contributed by atoms with van der Waals surface area (Å²) in [4.78, 5) is 11.4. The highest BCUT2D eigenvalue weighted by atomic mass is 35.5. The lowest BCUT2D eigenvalue weighted by atomic mass is 10.2. The molecule has 0 spiro atoms. The standard InChI is InChI=1S/C16H15ClN2O4S/c1-10-5-13-14(23-9-16(20)19-13)7-15(10)24(21,22)18-8-11-3-2-4-12(17)6-11/h2-7,18H,8-9H2,1H3,(H,19,20). The van der Waals surface area contributed by atoms with Crippen molar-refractivity contribution < 1.29 is 17.9 Å². The van der Waals surface area contributed by atoms with Crippen LogP contribution < -0.4 is 14.8 Å². The summed E-state index contributed by atoms with van der Waals surface area (Å²) < 4.78 is 33.0. The van der Waals surface area contributed by atoms with E-state index in [1.807, 2.05) is 0 Å². The second-order valence-electron chi connectivity index (χ2n) is 5.41. The van der Waals surface area contributed by atoms with Crippen LogP contribution in [0.2, 0.25) is 5.02 Å². The Kier molecular flexibility index (Phi) is 4.49. The van der Waals surface area contributed by atoms with E-state index in [1.165, 1.54) is 6.07 Å². The molecule has 0 radical (unpaired) electrons. The van der Waals surface area contributed by atoms with Crippen molar-refractivity contribution in [3.63, 3.8) is 0 Å². The van der Waals surface area contributed by atoms with Gasteiger partial charge in [-0.05, 0) is 36.2 Å². The van der Waals surface area contributed by atoms with Gasteiger partial charge in [0.15, 0.2) is 6.61 Å². The third kappa shape index (κ3) is 3.53. The van der Waals surface area contributed by atoms with Crippen LogP contribution in [0.4, 0.5) is 5.69 Å². The first-order valence-electron chi connectivity index (χ1n) is 7.16. The number of nitrogens with one attached hydrogen (secondary N) is 2. The van der Waals surface area contributed by atoms with Gasteiger partial charge < -0.3 is 10.1 Å². The summed E-state index contributed by atoms with van der Waals surface area (Å²) in [5.41, 5.74) is 1.74. The Morgan fingerprint density at radius 2 is 2.08 bits per heavy atom. The lowest BCUT2D eigenvalue weighted by molar-refractivity contribution is -0.118. The number of ether oxygens (including phenoxy) is 1. The minimum absolute atomic E-state index is 0.111. The zero-order valence-corrected chi connectivity index (χ0v) is 14.4. The van der Waals surface area contributed by atoms with Crippen LogP contribution in [0.5, 0.6) is 5.75 Å². The van der Waals surface area contributed by atoms with E-state index < -0.39 is 10.0 Å². The van der Waals surface area contributed by atoms with Crippen LogP contribution in [-0.4, -0.2) is 20.9 Å². The van der Waals surface area contributed by atoms with E-state index in [1.54, 1.807) is 37.3 Å². The van der Waals surface area contributed by atoms with Gasteiger partial charge in [0.05, 0.1) is 10.6 Å². The fourth-order valence-corrected chi connectivity index (χ4v) is 3.88. The predicted molar refractivity (Wildman–Crippen MR) is 90.8 cm³/mol. The van der Waals surface area contributed by atoms with Gasteiger partial charge in [-0.25, -0.2) is 13.1 Å². The van der Waals surface area contributed by atoms with Crippen molar-refractivity contribution in [2.24, 2.45) is 0 Å². The van der Waals surface area contributed by atoms with Gasteiger partial charge in [0.2, 0.25) is 10.0 Å². The van der Waals surface area contributed by atoms with Crippen molar-refractivity contribution in [1.82, 2.24) is 4.72 Å². The SMILES string of the molecule is Cc1cc2c(cc1S(=O)(=O)NCc1cccc(Cl)c1)OCC(=O)N2. The molecule has 2 aromatic carbocycles. The number of hydrogen-bond donors (Lipinski definition) is 2. The number of sulfonamides is 1. The van der Waals surface area contributed by atoms with Crippen LogP contribution in [0, 0.1) is 6.92 Å². The van der Waals surface area contributed by atoms with E-state index >= 15 is 0 Å². The first kappa shape index (κ1) is 16.8. The predicted octanol–water partition coefficient (Wildman–Crippen LogP) is 2.46. The van der Waals surface area contributed by atoms with Crippen molar-refractivity contribution in [2.75, 3.05) is 11.9 Å². The molecule has 0 fully saturated rings. The van der Waals surface area contributed by atoms with E-state index in [4.69, 9.17) is 16.3 Å². The van der Waals surface area contributed by atoms with Gasteiger partial charge in [-0.1, -0.05) is 23.7 Å². The van der Waals surface area contributed by atoms with Gasteiger partial charge in [-0.15, -0.1) is 0 Å². The summed E-state index contributed by atoms with van der Waals surface area (Å²) >= 11 is 5.90. The molecule has 0 aromatic heterocycles. The topological polar surface area (TPSA) is 84.5 Å². The number of benzene rings is 2. The summed E-state index contributed by atoms with van der Waals surface area (Å²) in [5.74, 6) is 0.0694. The molecule has 3 rings (SSSR count). The Labute approximate surface area is 144 Å². The zero-order chi connectivity index (χ0) is 17.3. The van der Waals surface area contributed by atoms with Crippen LogP contribution in [0.15, 0.2) is 41.3 Å². The van der Waals surface area contributed by atoms with Crippen molar-refractivity contribution >= 4 is 33.2 Å². The van der Waals surface area contributed by atoms with Crippen molar-refractivity contribution in [2.45, 2.75) is 18.4 Å². The van der Waals surface area contributed by atoms with Crippen LogP contribution in [0.3, 0.4) is 0 Å². The van der Waals surface area contributed by atoms with Gasteiger partial charge in [-0.3, -0.25) is 4.79 Å². The zero-order valence-electron chi connectivity index (χ0n) is 12.8. The maximum atomic E-state index is 12.6. The van der Waals surface area contributed by atoms with E-state index in [-0.39, 0.29) is 24.0 Å². The number of aryl methyl sites for hydroxylation is 1. The molecule has 0 saturated heterocycles. The lowest BCUT2D eigenvalue weighted by Gasteiger charge is -2.20. The minimum atomic E-state index is -3.73.